The first-order chi connectivity index (χ1) is 11.7. The van der Waals surface area contributed by atoms with E-state index in [0.717, 1.165) is 48.4 Å². The fourth-order valence-electron chi connectivity index (χ4n) is 2.43. The van der Waals surface area contributed by atoms with Crippen LogP contribution in [0.2, 0.25) is 0 Å². The van der Waals surface area contributed by atoms with Gasteiger partial charge in [0.15, 0.2) is 0 Å². The van der Waals surface area contributed by atoms with Crippen LogP contribution in [0.1, 0.15) is 43.0 Å². The van der Waals surface area contributed by atoms with Gasteiger partial charge in [-0.3, -0.25) is 9.78 Å². The fraction of sp³-hybridized carbons (Fsp3) is 0.400. The zero-order valence-electron chi connectivity index (χ0n) is 14.5. The summed E-state index contributed by atoms with van der Waals surface area (Å²) < 4.78 is 5.62. The Labute approximate surface area is 144 Å². The summed E-state index contributed by atoms with van der Waals surface area (Å²) in [6.07, 6.45) is 4.94. The number of amides is 1. The van der Waals surface area contributed by atoms with Gasteiger partial charge >= 0.3 is 0 Å². The van der Waals surface area contributed by atoms with Crippen molar-refractivity contribution in [3.05, 3.63) is 59.4 Å². The van der Waals surface area contributed by atoms with Crippen molar-refractivity contribution in [1.29, 1.82) is 0 Å². The molecule has 0 saturated heterocycles. The Hall–Kier alpha value is -2.36. The van der Waals surface area contributed by atoms with Crippen LogP contribution in [0.5, 0.6) is 5.75 Å². The number of pyridine rings is 1. The highest BCUT2D eigenvalue weighted by molar-refractivity contribution is 5.75. The van der Waals surface area contributed by atoms with Gasteiger partial charge in [0, 0.05) is 24.9 Å². The van der Waals surface area contributed by atoms with Crippen molar-refractivity contribution in [1.82, 2.24) is 10.3 Å². The van der Waals surface area contributed by atoms with E-state index in [1.165, 1.54) is 0 Å². The van der Waals surface area contributed by atoms with Gasteiger partial charge < -0.3 is 10.1 Å². The van der Waals surface area contributed by atoms with E-state index in [0.29, 0.717) is 13.0 Å². The average Bonchev–Trinajstić information content (AvgIpc) is 2.60. The molecule has 4 heteroatoms. The molecule has 2 rings (SSSR count). The Morgan fingerprint density at radius 1 is 1.25 bits per heavy atom. The number of ether oxygens (including phenoxy) is 1. The van der Waals surface area contributed by atoms with Gasteiger partial charge in [-0.25, -0.2) is 0 Å². The molecule has 0 bridgehead atoms. The number of rotatable bonds is 9. The fourth-order valence-corrected chi connectivity index (χ4v) is 2.43. The predicted molar refractivity (Wildman–Crippen MR) is 96.0 cm³/mol. The van der Waals surface area contributed by atoms with Crippen molar-refractivity contribution < 1.29 is 9.53 Å². The minimum Gasteiger partial charge on any atom is -0.494 e. The second kappa shape index (κ2) is 9.71. The molecule has 24 heavy (non-hydrogen) atoms. The minimum atomic E-state index is 0.0802. The lowest BCUT2D eigenvalue weighted by Crippen LogP contribution is -2.23. The van der Waals surface area contributed by atoms with Crippen LogP contribution in [0, 0.1) is 6.92 Å². The first-order valence-corrected chi connectivity index (χ1v) is 8.58. The molecule has 1 amide bonds. The van der Waals surface area contributed by atoms with Crippen molar-refractivity contribution in [2.24, 2.45) is 0 Å². The van der Waals surface area contributed by atoms with Gasteiger partial charge in [0.05, 0.1) is 6.61 Å². The lowest BCUT2D eigenvalue weighted by atomic mass is 10.1. The summed E-state index contributed by atoms with van der Waals surface area (Å²) in [7, 11) is 0. The molecule has 0 unspecified atom stereocenters. The minimum absolute atomic E-state index is 0.0802. The second-order valence-corrected chi connectivity index (χ2v) is 5.89. The van der Waals surface area contributed by atoms with Gasteiger partial charge in [-0.2, -0.15) is 0 Å². The number of aromatic nitrogens is 1. The molecule has 0 saturated carbocycles. The number of nitrogens with one attached hydrogen (secondary N) is 1. The van der Waals surface area contributed by atoms with Crippen molar-refractivity contribution in [3.8, 4) is 5.75 Å². The van der Waals surface area contributed by atoms with E-state index < -0.39 is 0 Å². The largest absolute Gasteiger partial charge is 0.494 e. The zero-order valence-corrected chi connectivity index (χ0v) is 14.5. The molecule has 0 atom stereocenters. The number of carbonyl (C=O) groups is 1. The molecule has 1 aromatic carbocycles. The zero-order chi connectivity index (χ0) is 17.2. The van der Waals surface area contributed by atoms with Crippen LogP contribution in [0.4, 0.5) is 0 Å². The standard InChI is InChI=1S/C20H26N2O2/c1-3-13-24-19-11-10-17(16(2)14-19)15-22-20(23)9-6-8-18-7-4-5-12-21-18/h4-5,7,10-12,14H,3,6,8-9,13,15H2,1-2H3,(H,22,23). The number of benzene rings is 1. The van der Waals surface area contributed by atoms with Gasteiger partial charge in [-0.1, -0.05) is 19.1 Å². The highest BCUT2D eigenvalue weighted by atomic mass is 16.5. The molecule has 0 aliphatic carbocycles. The van der Waals surface area contributed by atoms with Crippen LogP contribution in [-0.2, 0) is 17.8 Å². The molecule has 1 aromatic heterocycles. The number of hydrogen-bond donors (Lipinski definition) is 1. The normalized spacial score (nSPS) is 10.4. The van der Waals surface area contributed by atoms with E-state index in [1.54, 1.807) is 6.20 Å². The highest BCUT2D eigenvalue weighted by Gasteiger charge is 2.05. The molecule has 0 radical (unpaired) electrons. The molecule has 1 N–H and O–H groups in total. The molecular weight excluding hydrogens is 300 g/mol. The predicted octanol–water partition coefficient (Wildman–Crippen LogP) is 3.82. The first kappa shape index (κ1) is 18.0. The third-order valence-electron chi connectivity index (χ3n) is 3.83. The van der Waals surface area contributed by atoms with E-state index in [4.69, 9.17) is 4.74 Å². The molecule has 0 aliphatic heterocycles. The Morgan fingerprint density at radius 3 is 2.83 bits per heavy atom. The Balaban J connectivity index is 1.73. The Morgan fingerprint density at radius 2 is 2.12 bits per heavy atom. The maximum atomic E-state index is 12.0. The highest BCUT2D eigenvalue weighted by Crippen LogP contribution is 2.17. The quantitative estimate of drug-likeness (QED) is 0.762. The van der Waals surface area contributed by atoms with Crippen molar-refractivity contribution in [2.75, 3.05) is 6.61 Å². The first-order valence-electron chi connectivity index (χ1n) is 8.58. The lowest BCUT2D eigenvalue weighted by Gasteiger charge is -2.11. The van der Waals surface area contributed by atoms with Crippen LogP contribution in [0.3, 0.4) is 0 Å². The summed E-state index contributed by atoms with van der Waals surface area (Å²) >= 11 is 0. The van der Waals surface area contributed by atoms with Crippen LogP contribution < -0.4 is 10.1 Å². The molecule has 0 spiro atoms. The van der Waals surface area contributed by atoms with Crippen molar-refractivity contribution in [2.45, 2.75) is 46.1 Å². The summed E-state index contributed by atoms with van der Waals surface area (Å²) in [6.45, 7) is 5.42. The van der Waals surface area contributed by atoms with Crippen molar-refractivity contribution in [3.63, 3.8) is 0 Å². The van der Waals surface area contributed by atoms with Gasteiger partial charge in [0.2, 0.25) is 5.91 Å². The molecule has 1 heterocycles. The Kier molecular flexibility index (Phi) is 7.27. The summed E-state index contributed by atoms with van der Waals surface area (Å²) in [5.74, 6) is 0.969. The van der Waals surface area contributed by atoms with Crippen LogP contribution >= 0.6 is 0 Å². The van der Waals surface area contributed by atoms with Crippen LogP contribution in [-0.4, -0.2) is 17.5 Å². The van der Waals surface area contributed by atoms with E-state index in [9.17, 15) is 4.79 Å². The van der Waals surface area contributed by atoms with E-state index in [-0.39, 0.29) is 5.91 Å². The van der Waals surface area contributed by atoms with Gasteiger partial charge in [0.1, 0.15) is 5.75 Å². The maximum Gasteiger partial charge on any atom is 0.220 e. The van der Waals surface area contributed by atoms with E-state index >= 15 is 0 Å². The molecule has 4 nitrogen and oxygen atoms in total. The molecule has 0 aliphatic rings. The summed E-state index contributed by atoms with van der Waals surface area (Å²) in [5.41, 5.74) is 3.29. The summed E-state index contributed by atoms with van der Waals surface area (Å²) in [4.78, 5) is 16.2. The molecule has 2 aromatic rings. The summed E-state index contributed by atoms with van der Waals surface area (Å²) in [6, 6.07) is 11.9. The number of nitrogens with zero attached hydrogens (tertiary/aromatic N) is 1. The van der Waals surface area contributed by atoms with Gasteiger partial charge in [-0.05, 0) is 61.6 Å². The van der Waals surface area contributed by atoms with Gasteiger partial charge in [-0.15, -0.1) is 0 Å². The van der Waals surface area contributed by atoms with E-state index in [2.05, 4.69) is 17.2 Å². The monoisotopic (exact) mass is 326 g/mol. The number of carbonyl (C=O) groups excluding carboxylic acids is 1. The molecule has 128 valence electrons. The average molecular weight is 326 g/mol. The van der Waals surface area contributed by atoms with Crippen LogP contribution in [0.25, 0.3) is 0 Å². The van der Waals surface area contributed by atoms with E-state index in [1.807, 2.05) is 43.3 Å². The maximum absolute atomic E-state index is 12.0. The van der Waals surface area contributed by atoms with Gasteiger partial charge in [0.25, 0.3) is 0 Å². The number of hydrogen-bond acceptors (Lipinski definition) is 3. The molecule has 0 fully saturated rings. The van der Waals surface area contributed by atoms with Crippen LogP contribution in [0.15, 0.2) is 42.6 Å². The lowest BCUT2D eigenvalue weighted by molar-refractivity contribution is -0.121. The third kappa shape index (κ3) is 6.03. The Bertz CT molecular complexity index is 641. The smallest absolute Gasteiger partial charge is 0.220 e. The SMILES string of the molecule is CCCOc1ccc(CNC(=O)CCCc2ccccn2)c(C)c1. The number of aryl methyl sites for hydroxylation is 2. The second-order valence-electron chi connectivity index (χ2n) is 5.89. The topological polar surface area (TPSA) is 51.2 Å². The van der Waals surface area contributed by atoms with Crippen molar-refractivity contribution >= 4 is 5.91 Å². The third-order valence-corrected chi connectivity index (χ3v) is 3.83. The summed E-state index contributed by atoms with van der Waals surface area (Å²) in [5, 5.41) is 2.99. The molecular formula is C20H26N2O2.